The third kappa shape index (κ3) is 2.88. The molecule has 0 unspecified atom stereocenters. The summed E-state index contributed by atoms with van der Waals surface area (Å²) in [6, 6.07) is 6.65. The molecule has 0 aliphatic carbocycles. The number of halogens is 4. The Hall–Kier alpha value is -0.460. The van der Waals surface area contributed by atoms with Gasteiger partial charge in [0.2, 0.25) is 0 Å². The molecule has 0 saturated heterocycles. The molecule has 1 aromatic carbocycles. The highest BCUT2D eigenvalue weighted by atomic mass is 127. The molecule has 65 valence electrons. The zero-order chi connectivity index (χ0) is 9.19. The lowest BCUT2D eigenvalue weighted by Gasteiger charge is -2.09. The van der Waals surface area contributed by atoms with Crippen LogP contribution in [0.1, 0.15) is 0 Å². The Morgan fingerprint density at radius 3 is 2.58 bits per heavy atom. The van der Waals surface area contributed by atoms with Crippen LogP contribution in [0.4, 0.5) is 13.2 Å². The first-order valence-corrected chi connectivity index (χ1v) is 3.98. The first-order chi connectivity index (χ1) is 5.49. The second kappa shape index (κ2) is 3.51. The number of hydrogen-bond acceptors (Lipinski definition) is 1. The standard InChI is InChI=1S/C7H3F3IO/c8-7(9,10)12-6-4-2-1-3-5(6)11/h1,3-4H. The van der Waals surface area contributed by atoms with E-state index in [1.165, 1.54) is 12.1 Å². The lowest BCUT2D eigenvalue weighted by atomic mass is 10.3. The topological polar surface area (TPSA) is 9.23 Å². The maximum atomic E-state index is 11.7. The molecule has 0 aromatic heterocycles. The van der Waals surface area contributed by atoms with Crippen LogP contribution in [0.15, 0.2) is 18.2 Å². The normalized spacial score (nSPS) is 11.3. The summed E-state index contributed by atoms with van der Waals surface area (Å²) in [4.78, 5) is 0. The zero-order valence-corrected chi connectivity index (χ0v) is 7.81. The summed E-state index contributed by atoms with van der Waals surface area (Å²) >= 11 is 1.76. The molecule has 0 spiro atoms. The van der Waals surface area contributed by atoms with Crippen LogP contribution in [0.2, 0.25) is 0 Å². The van der Waals surface area contributed by atoms with Gasteiger partial charge in [0, 0.05) is 0 Å². The SMILES string of the molecule is FC(F)(F)Oc1c[c]ccc1I. The molecule has 0 bridgehead atoms. The lowest BCUT2D eigenvalue weighted by molar-refractivity contribution is -0.274. The van der Waals surface area contributed by atoms with Crippen LogP contribution < -0.4 is 4.74 Å². The van der Waals surface area contributed by atoms with Crippen LogP contribution in [0.5, 0.6) is 5.75 Å². The van der Waals surface area contributed by atoms with E-state index in [4.69, 9.17) is 0 Å². The van der Waals surface area contributed by atoms with Gasteiger partial charge in [0.1, 0.15) is 5.75 Å². The predicted octanol–water partition coefficient (Wildman–Crippen LogP) is 2.99. The van der Waals surface area contributed by atoms with Crippen molar-refractivity contribution in [1.29, 1.82) is 0 Å². The maximum absolute atomic E-state index is 11.7. The van der Waals surface area contributed by atoms with Crippen LogP contribution in [-0.2, 0) is 0 Å². The molecule has 0 heterocycles. The molecule has 0 atom stereocenters. The molecule has 5 heteroatoms. The minimum atomic E-state index is -4.63. The van der Waals surface area contributed by atoms with Gasteiger partial charge in [-0.15, -0.1) is 13.2 Å². The van der Waals surface area contributed by atoms with Gasteiger partial charge in [-0.2, -0.15) is 0 Å². The van der Waals surface area contributed by atoms with Gasteiger partial charge < -0.3 is 4.74 Å². The lowest BCUT2D eigenvalue weighted by Crippen LogP contribution is -2.17. The fraction of sp³-hybridized carbons (Fsp3) is 0.143. The van der Waals surface area contributed by atoms with E-state index >= 15 is 0 Å². The Balaban J connectivity index is 2.83. The fourth-order valence-corrected chi connectivity index (χ4v) is 1.04. The molecular weight excluding hydrogens is 284 g/mol. The van der Waals surface area contributed by atoms with E-state index in [0.717, 1.165) is 6.07 Å². The summed E-state index contributed by atoms with van der Waals surface area (Å²) in [5, 5.41) is 0. The molecular formula is C7H3F3IO. The third-order valence-corrected chi connectivity index (χ3v) is 1.89. The third-order valence-electron chi connectivity index (χ3n) is 1.00. The van der Waals surface area contributed by atoms with Gasteiger partial charge in [-0.05, 0) is 40.8 Å². The van der Waals surface area contributed by atoms with Gasteiger partial charge in [0.15, 0.2) is 0 Å². The average molecular weight is 287 g/mol. The maximum Gasteiger partial charge on any atom is 0.573 e. The van der Waals surface area contributed by atoms with E-state index in [9.17, 15) is 13.2 Å². The summed E-state index contributed by atoms with van der Waals surface area (Å²) in [7, 11) is 0. The van der Waals surface area contributed by atoms with Crippen molar-refractivity contribution in [3.8, 4) is 5.75 Å². The second-order valence-electron chi connectivity index (χ2n) is 1.90. The highest BCUT2D eigenvalue weighted by Crippen LogP contribution is 2.26. The molecule has 0 aliphatic rings. The van der Waals surface area contributed by atoms with Gasteiger partial charge in [-0.1, -0.05) is 6.07 Å². The van der Waals surface area contributed by atoms with Crippen molar-refractivity contribution in [2.45, 2.75) is 6.36 Å². The summed E-state index contributed by atoms with van der Waals surface area (Å²) in [6.07, 6.45) is -4.63. The quantitative estimate of drug-likeness (QED) is 0.721. The molecule has 1 rings (SSSR count). The smallest absolute Gasteiger partial charge is 0.405 e. The Kier molecular flexibility index (Phi) is 2.81. The van der Waals surface area contributed by atoms with Crippen LogP contribution in [-0.4, -0.2) is 6.36 Å². The molecule has 1 aromatic rings. The largest absolute Gasteiger partial charge is 0.573 e. The van der Waals surface area contributed by atoms with Gasteiger partial charge in [-0.25, -0.2) is 0 Å². The van der Waals surface area contributed by atoms with E-state index in [2.05, 4.69) is 10.8 Å². The zero-order valence-electron chi connectivity index (χ0n) is 5.65. The molecule has 1 radical (unpaired) electrons. The molecule has 0 aliphatic heterocycles. The van der Waals surface area contributed by atoms with Gasteiger partial charge in [-0.3, -0.25) is 0 Å². The molecule has 0 saturated carbocycles. The minimum Gasteiger partial charge on any atom is -0.405 e. The first-order valence-electron chi connectivity index (χ1n) is 2.90. The minimum absolute atomic E-state index is 0.217. The van der Waals surface area contributed by atoms with Crippen LogP contribution >= 0.6 is 22.6 Å². The van der Waals surface area contributed by atoms with E-state index in [0.29, 0.717) is 3.57 Å². The Bertz CT molecular complexity index is 272. The van der Waals surface area contributed by atoms with Crippen molar-refractivity contribution in [2.24, 2.45) is 0 Å². The van der Waals surface area contributed by atoms with Crippen molar-refractivity contribution >= 4 is 22.6 Å². The van der Waals surface area contributed by atoms with Crippen molar-refractivity contribution in [1.82, 2.24) is 0 Å². The Morgan fingerprint density at radius 2 is 2.08 bits per heavy atom. The van der Waals surface area contributed by atoms with Crippen LogP contribution in [0, 0.1) is 9.64 Å². The second-order valence-corrected chi connectivity index (χ2v) is 3.07. The Labute approximate surface area is 80.7 Å². The average Bonchev–Trinajstić information content (AvgIpc) is 1.91. The van der Waals surface area contributed by atoms with Gasteiger partial charge in [0.05, 0.1) is 3.57 Å². The van der Waals surface area contributed by atoms with Crippen molar-refractivity contribution in [3.63, 3.8) is 0 Å². The van der Waals surface area contributed by atoms with Crippen molar-refractivity contribution in [3.05, 3.63) is 27.8 Å². The summed E-state index contributed by atoms with van der Waals surface area (Å²) in [5.41, 5.74) is 0. The van der Waals surface area contributed by atoms with Crippen molar-refractivity contribution < 1.29 is 17.9 Å². The van der Waals surface area contributed by atoms with E-state index < -0.39 is 6.36 Å². The first kappa shape index (κ1) is 9.63. The summed E-state index contributed by atoms with van der Waals surface area (Å²) < 4.78 is 39.1. The number of ether oxygens (including phenoxy) is 1. The highest BCUT2D eigenvalue weighted by molar-refractivity contribution is 14.1. The molecule has 12 heavy (non-hydrogen) atoms. The van der Waals surface area contributed by atoms with E-state index in [-0.39, 0.29) is 5.75 Å². The fourth-order valence-electron chi connectivity index (χ4n) is 0.599. The number of hydrogen-bond donors (Lipinski definition) is 0. The predicted molar refractivity (Wildman–Crippen MR) is 44.7 cm³/mol. The monoisotopic (exact) mass is 287 g/mol. The van der Waals surface area contributed by atoms with Gasteiger partial charge in [0.25, 0.3) is 0 Å². The summed E-state index contributed by atoms with van der Waals surface area (Å²) in [5.74, 6) is -0.217. The van der Waals surface area contributed by atoms with Crippen LogP contribution in [0.3, 0.4) is 0 Å². The highest BCUT2D eigenvalue weighted by Gasteiger charge is 2.31. The van der Waals surface area contributed by atoms with E-state index in [1.54, 1.807) is 22.6 Å². The van der Waals surface area contributed by atoms with E-state index in [1.807, 2.05) is 0 Å². The summed E-state index contributed by atoms with van der Waals surface area (Å²) in [6.45, 7) is 0. The van der Waals surface area contributed by atoms with Crippen molar-refractivity contribution in [2.75, 3.05) is 0 Å². The Morgan fingerprint density at radius 1 is 1.42 bits per heavy atom. The molecule has 0 amide bonds. The van der Waals surface area contributed by atoms with Crippen LogP contribution in [0.25, 0.3) is 0 Å². The van der Waals surface area contributed by atoms with Gasteiger partial charge >= 0.3 is 6.36 Å². The number of alkyl halides is 3. The molecule has 1 nitrogen and oxygen atoms in total. The molecule has 0 N–H and O–H groups in total. The number of rotatable bonds is 1. The molecule has 0 fully saturated rings. The number of benzene rings is 1.